The third kappa shape index (κ3) is 1.76. The molecule has 0 bridgehead atoms. The van der Waals surface area contributed by atoms with Gasteiger partial charge in [0.15, 0.2) is 11.5 Å². The molecule has 1 unspecified atom stereocenters. The molecule has 1 atom stereocenters. The fourth-order valence-electron chi connectivity index (χ4n) is 2.11. The average molecular weight is 219 g/mol. The van der Waals surface area contributed by atoms with E-state index in [0.717, 1.165) is 18.0 Å². The Bertz CT molecular complexity index is 414. The van der Waals surface area contributed by atoms with Crippen LogP contribution in [0.15, 0.2) is 18.2 Å². The summed E-state index contributed by atoms with van der Waals surface area (Å²) >= 11 is 0. The Balaban J connectivity index is 1.63. The van der Waals surface area contributed by atoms with Gasteiger partial charge < -0.3 is 14.8 Å². The van der Waals surface area contributed by atoms with Crippen molar-refractivity contribution >= 4 is 0 Å². The standard InChI is InChI=1S/C13H17NO2/c1-13(2)6-12(13)14-7-9-3-4-10-11(5-9)16-8-15-10/h3-5,12,14H,6-8H2,1-2H3. The summed E-state index contributed by atoms with van der Waals surface area (Å²) in [6, 6.07) is 6.80. The maximum Gasteiger partial charge on any atom is 0.231 e. The van der Waals surface area contributed by atoms with E-state index in [1.165, 1.54) is 12.0 Å². The molecule has 1 aliphatic heterocycles. The Morgan fingerprint density at radius 3 is 2.81 bits per heavy atom. The quantitative estimate of drug-likeness (QED) is 0.846. The van der Waals surface area contributed by atoms with Gasteiger partial charge in [-0.15, -0.1) is 0 Å². The van der Waals surface area contributed by atoms with Crippen LogP contribution in [0.25, 0.3) is 0 Å². The highest BCUT2D eigenvalue weighted by atomic mass is 16.7. The summed E-state index contributed by atoms with van der Waals surface area (Å²) in [5.74, 6) is 1.73. The number of hydrogen-bond donors (Lipinski definition) is 1. The summed E-state index contributed by atoms with van der Waals surface area (Å²) in [5, 5.41) is 3.56. The van der Waals surface area contributed by atoms with Gasteiger partial charge >= 0.3 is 0 Å². The van der Waals surface area contributed by atoms with Crippen molar-refractivity contribution in [3.63, 3.8) is 0 Å². The zero-order valence-electron chi connectivity index (χ0n) is 9.75. The molecule has 3 rings (SSSR count). The van der Waals surface area contributed by atoms with Gasteiger partial charge in [-0.2, -0.15) is 0 Å². The van der Waals surface area contributed by atoms with Crippen LogP contribution < -0.4 is 14.8 Å². The summed E-state index contributed by atoms with van der Waals surface area (Å²) in [6.45, 7) is 5.85. The molecule has 3 nitrogen and oxygen atoms in total. The molecule has 2 aliphatic rings. The number of fused-ring (bicyclic) bond motifs is 1. The Morgan fingerprint density at radius 1 is 1.31 bits per heavy atom. The van der Waals surface area contributed by atoms with E-state index in [4.69, 9.17) is 9.47 Å². The van der Waals surface area contributed by atoms with Crippen molar-refractivity contribution in [2.75, 3.05) is 6.79 Å². The zero-order chi connectivity index (χ0) is 11.2. The van der Waals surface area contributed by atoms with Crippen LogP contribution in [0.4, 0.5) is 0 Å². The Hall–Kier alpha value is -1.22. The van der Waals surface area contributed by atoms with Gasteiger partial charge in [0.2, 0.25) is 6.79 Å². The first-order chi connectivity index (χ1) is 7.65. The number of benzene rings is 1. The van der Waals surface area contributed by atoms with Crippen molar-refractivity contribution in [2.24, 2.45) is 5.41 Å². The minimum Gasteiger partial charge on any atom is -0.454 e. The molecule has 1 aliphatic carbocycles. The number of nitrogens with one attached hydrogen (secondary N) is 1. The normalized spacial score (nSPS) is 24.5. The summed E-state index contributed by atoms with van der Waals surface area (Å²) < 4.78 is 10.6. The molecule has 0 aromatic heterocycles. The second kappa shape index (κ2) is 3.39. The first-order valence-corrected chi connectivity index (χ1v) is 5.77. The first kappa shape index (κ1) is 9.97. The van der Waals surface area contributed by atoms with E-state index in [1.54, 1.807) is 0 Å². The van der Waals surface area contributed by atoms with Gasteiger partial charge in [-0.1, -0.05) is 19.9 Å². The van der Waals surface area contributed by atoms with Crippen LogP contribution in [0.5, 0.6) is 11.5 Å². The van der Waals surface area contributed by atoms with Gasteiger partial charge in [-0.05, 0) is 29.5 Å². The predicted molar refractivity (Wildman–Crippen MR) is 61.6 cm³/mol. The summed E-state index contributed by atoms with van der Waals surface area (Å²) in [6.07, 6.45) is 1.28. The Labute approximate surface area is 95.8 Å². The van der Waals surface area contributed by atoms with Crippen molar-refractivity contribution in [3.8, 4) is 11.5 Å². The smallest absolute Gasteiger partial charge is 0.231 e. The molecular weight excluding hydrogens is 202 g/mol. The molecule has 1 aromatic rings. The lowest BCUT2D eigenvalue weighted by Gasteiger charge is -2.07. The van der Waals surface area contributed by atoms with Crippen molar-refractivity contribution in [1.29, 1.82) is 0 Å². The third-order valence-electron chi connectivity index (χ3n) is 3.50. The van der Waals surface area contributed by atoms with Crippen LogP contribution in [0.1, 0.15) is 25.8 Å². The zero-order valence-corrected chi connectivity index (χ0v) is 9.75. The SMILES string of the molecule is CC1(C)CC1NCc1ccc2c(c1)OCO2. The lowest BCUT2D eigenvalue weighted by Crippen LogP contribution is -2.19. The molecule has 1 saturated carbocycles. The van der Waals surface area contributed by atoms with Crippen LogP contribution in [-0.4, -0.2) is 12.8 Å². The van der Waals surface area contributed by atoms with Crippen LogP contribution in [0.2, 0.25) is 0 Å². The Morgan fingerprint density at radius 2 is 2.06 bits per heavy atom. The van der Waals surface area contributed by atoms with Crippen LogP contribution in [0.3, 0.4) is 0 Å². The van der Waals surface area contributed by atoms with Crippen LogP contribution >= 0.6 is 0 Å². The summed E-state index contributed by atoms with van der Waals surface area (Å²) in [4.78, 5) is 0. The fourth-order valence-corrected chi connectivity index (χ4v) is 2.11. The summed E-state index contributed by atoms with van der Waals surface area (Å²) in [5.41, 5.74) is 1.74. The maximum atomic E-state index is 5.35. The monoisotopic (exact) mass is 219 g/mol. The largest absolute Gasteiger partial charge is 0.454 e. The molecule has 1 aromatic carbocycles. The molecule has 3 heteroatoms. The molecule has 0 saturated heterocycles. The van der Waals surface area contributed by atoms with Crippen molar-refractivity contribution < 1.29 is 9.47 Å². The minimum absolute atomic E-state index is 0.349. The molecule has 0 radical (unpaired) electrons. The first-order valence-electron chi connectivity index (χ1n) is 5.77. The van der Waals surface area contributed by atoms with Gasteiger partial charge in [-0.25, -0.2) is 0 Å². The third-order valence-corrected chi connectivity index (χ3v) is 3.50. The molecule has 0 spiro atoms. The second-order valence-electron chi connectivity index (χ2n) is 5.31. The predicted octanol–water partition coefficient (Wildman–Crippen LogP) is 2.30. The van der Waals surface area contributed by atoms with E-state index in [-0.39, 0.29) is 0 Å². The second-order valence-corrected chi connectivity index (χ2v) is 5.31. The number of hydrogen-bond acceptors (Lipinski definition) is 3. The molecule has 16 heavy (non-hydrogen) atoms. The highest BCUT2D eigenvalue weighted by molar-refractivity contribution is 5.44. The van der Waals surface area contributed by atoms with Crippen molar-refractivity contribution in [1.82, 2.24) is 5.32 Å². The van der Waals surface area contributed by atoms with E-state index in [1.807, 2.05) is 6.07 Å². The molecule has 0 amide bonds. The highest BCUT2D eigenvalue weighted by Crippen LogP contribution is 2.44. The lowest BCUT2D eigenvalue weighted by atomic mass is 10.1. The van der Waals surface area contributed by atoms with Gasteiger partial charge in [0, 0.05) is 12.6 Å². The topological polar surface area (TPSA) is 30.5 Å². The van der Waals surface area contributed by atoms with Gasteiger partial charge in [0.05, 0.1) is 0 Å². The summed E-state index contributed by atoms with van der Waals surface area (Å²) in [7, 11) is 0. The lowest BCUT2D eigenvalue weighted by molar-refractivity contribution is 0.174. The molecule has 1 N–H and O–H groups in total. The van der Waals surface area contributed by atoms with E-state index < -0.39 is 0 Å². The number of rotatable bonds is 3. The van der Waals surface area contributed by atoms with E-state index >= 15 is 0 Å². The average Bonchev–Trinajstić information content (AvgIpc) is 2.69. The van der Waals surface area contributed by atoms with E-state index in [2.05, 4.69) is 31.3 Å². The van der Waals surface area contributed by atoms with Crippen LogP contribution in [0, 0.1) is 5.41 Å². The van der Waals surface area contributed by atoms with E-state index in [9.17, 15) is 0 Å². The van der Waals surface area contributed by atoms with Gasteiger partial charge in [0.25, 0.3) is 0 Å². The minimum atomic E-state index is 0.349. The molecular formula is C13H17NO2. The highest BCUT2D eigenvalue weighted by Gasteiger charge is 2.44. The number of ether oxygens (including phenoxy) is 2. The molecule has 1 fully saturated rings. The van der Waals surface area contributed by atoms with E-state index in [0.29, 0.717) is 18.2 Å². The van der Waals surface area contributed by atoms with Crippen molar-refractivity contribution in [2.45, 2.75) is 32.9 Å². The fraction of sp³-hybridized carbons (Fsp3) is 0.538. The maximum absolute atomic E-state index is 5.35. The van der Waals surface area contributed by atoms with Crippen LogP contribution in [-0.2, 0) is 6.54 Å². The molecule has 1 heterocycles. The van der Waals surface area contributed by atoms with Gasteiger partial charge in [0.1, 0.15) is 0 Å². The Kier molecular flexibility index (Phi) is 2.11. The van der Waals surface area contributed by atoms with Crippen molar-refractivity contribution in [3.05, 3.63) is 23.8 Å². The molecule has 86 valence electrons. The van der Waals surface area contributed by atoms with Gasteiger partial charge in [-0.3, -0.25) is 0 Å².